The van der Waals surface area contributed by atoms with Crippen LogP contribution in [0.1, 0.15) is 21.6 Å². The third-order valence-corrected chi connectivity index (χ3v) is 6.08. The second-order valence-corrected chi connectivity index (χ2v) is 8.16. The Bertz CT molecular complexity index is 1180. The topological polar surface area (TPSA) is 105 Å². The highest BCUT2D eigenvalue weighted by Gasteiger charge is 2.26. The summed E-state index contributed by atoms with van der Waals surface area (Å²) in [5, 5.41) is 6.33. The highest BCUT2D eigenvalue weighted by atomic mass is 16.7. The predicted octanol–water partition coefficient (Wildman–Crippen LogP) is 1.78. The first-order valence-corrected chi connectivity index (χ1v) is 10.9. The number of ether oxygens (including phenoxy) is 2. The summed E-state index contributed by atoms with van der Waals surface area (Å²) in [5.41, 5.74) is 4.23. The zero-order chi connectivity index (χ0) is 22.2. The van der Waals surface area contributed by atoms with E-state index in [0.29, 0.717) is 30.4 Å². The molecule has 1 fully saturated rings. The number of hydrogen-bond acceptors (Lipinski definition) is 9. The van der Waals surface area contributed by atoms with E-state index in [2.05, 4.69) is 30.5 Å². The summed E-state index contributed by atoms with van der Waals surface area (Å²) in [6.45, 7) is 5.11. The molecular formula is C23H23N7O3. The van der Waals surface area contributed by atoms with Crippen LogP contribution in [-0.4, -0.2) is 53.8 Å². The zero-order valence-electron chi connectivity index (χ0n) is 18.0. The molecule has 10 heteroatoms. The number of fused-ring (bicyclic) bond motifs is 2. The van der Waals surface area contributed by atoms with Gasteiger partial charge in [-0.1, -0.05) is 0 Å². The van der Waals surface area contributed by atoms with Crippen molar-refractivity contribution < 1.29 is 14.3 Å². The molecule has 10 nitrogen and oxygen atoms in total. The summed E-state index contributed by atoms with van der Waals surface area (Å²) in [7, 11) is 0. The van der Waals surface area contributed by atoms with E-state index < -0.39 is 0 Å². The molecule has 1 saturated heterocycles. The summed E-state index contributed by atoms with van der Waals surface area (Å²) in [4.78, 5) is 30.5. The van der Waals surface area contributed by atoms with E-state index in [1.807, 2.05) is 23.1 Å². The van der Waals surface area contributed by atoms with Gasteiger partial charge in [-0.25, -0.2) is 9.97 Å². The summed E-state index contributed by atoms with van der Waals surface area (Å²) in [6.07, 6.45) is 5.04. The molecule has 3 aliphatic heterocycles. The summed E-state index contributed by atoms with van der Waals surface area (Å²) in [5.74, 6) is 1.75. The average Bonchev–Trinajstić information content (AvgIpc) is 3.49. The van der Waals surface area contributed by atoms with Gasteiger partial charge in [0.1, 0.15) is 5.69 Å². The van der Waals surface area contributed by atoms with Crippen LogP contribution in [0, 0.1) is 0 Å². The molecule has 0 aliphatic carbocycles. The first-order chi connectivity index (χ1) is 16.2. The molecule has 2 aromatic heterocycles. The molecule has 1 aromatic carbocycles. The van der Waals surface area contributed by atoms with E-state index in [0.717, 1.165) is 54.5 Å². The number of benzene rings is 1. The minimum atomic E-state index is -0.291. The maximum atomic E-state index is 13.1. The number of carbonyl (C=O) groups is 1. The fourth-order valence-electron chi connectivity index (χ4n) is 4.41. The molecule has 0 bridgehead atoms. The van der Waals surface area contributed by atoms with Gasteiger partial charge in [0.15, 0.2) is 11.5 Å². The number of pyridine rings is 1. The Kier molecular flexibility index (Phi) is 4.91. The van der Waals surface area contributed by atoms with Gasteiger partial charge in [0.05, 0.1) is 17.6 Å². The number of nitrogens with one attached hydrogen (secondary N) is 2. The van der Waals surface area contributed by atoms with Crippen LogP contribution >= 0.6 is 0 Å². The third kappa shape index (κ3) is 3.78. The smallest absolute Gasteiger partial charge is 0.274 e. The van der Waals surface area contributed by atoms with Gasteiger partial charge in [-0.2, -0.15) is 0 Å². The summed E-state index contributed by atoms with van der Waals surface area (Å²) < 4.78 is 11.0. The standard InChI is InChI=1S/C23H23N7O3/c31-22(27-18-11-25-3-2-19(18)29-7-5-24-6-8-29)17-1-4-26-23(28-17)30-12-15-9-20-21(33-14-32-20)10-16(15)13-30/h1-4,9-11,24H,5-8,12-14H2,(H,27,31). The largest absolute Gasteiger partial charge is 0.454 e. The molecule has 0 radical (unpaired) electrons. The van der Waals surface area contributed by atoms with Crippen LogP contribution in [0.3, 0.4) is 0 Å². The van der Waals surface area contributed by atoms with Crippen LogP contribution in [0.15, 0.2) is 42.9 Å². The number of aromatic nitrogens is 3. The Labute approximate surface area is 190 Å². The quantitative estimate of drug-likeness (QED) is 0.622. The monoisotopic (exact) mass is 445 g/mol. The number of rotatable bonds is 4. The average molecular weight is 445 g/mol. The Balaban J connectivity index is 1.20. The minimum absolute atomic E-state index is 0.259. The Morgan fingerprint density at radius 2 is 1.76 bits per heavy atom. The minimum Gasteiger partial charge on any atom is -0.454 e. The van der Waals surface area contributed by atoms with E-state index in [9.17, 15) is 4.79 Å². The molecule has 33 heavy (non-hydrogen) atoms. The molecule has 3 aliphatic rings. The molecule has 0 saturated carbocycles. The Hall–Kier alpha value is -3.92. The summed E-state index contributed by atoms with van der Waals surface area (Å²) in [6, 6.07) is 7.57. The lowest BCUT2D eigenvalue weighted by Gasteiger charge is -2.30. The van der Waals surface area contributed by atoms with Gasteiger partial charge in [-0.05, 0) is 35.4 Å². The molecular weight excluding hydrogens is 422 g/mol. The van der Waals surface area contributed by atoms with Crippen LogP contribution in [0.5, 0.6) is 11.5 Å². The first kappa shape index (κ1) is 19.7. The van der Waals surface area contributed by atoms with Crippen molar-refractivity contribution in [3.8, 4) is 11.5 Å². The van der Waals surface area contributed by atoms with Gasteiger partial charge in [-0.15, -0.1) is 0 Å². The van der Waals surface area contributed by atoms with Crippen molar-refractivity contribution in [3.63, 3.8) is 0 Å². The second kappa shape index (κ2) is 8.21. The van der Waals surface area contributed by atoms with Crippen molar-refractivity contribution in [1.29, 1.82) is 0 Å². The number of carbonyl (C=O) groups excluding carboxylic acids is 1. The van der Waals surface area contributed by atoms with Crippen molar-refractivity contribution in [3.05, 3.63) is 59.7 Å². The molecule has 0 unspecified atom stereocenters. The molecule has 0 spiro atoms. The van der Waals surface area contributed by atoms with Crippen LogP contribution in [-0.2, 0) is 13.1 Å². The van der Waals surface area contributed by atoms with Crippen molar-refractivity contribution in [1.82, 2.24) is 20.3 Å². The number of nitrogens with zero attached hydrogens (tertiary/aromatic N) is 5. The van der Waals surface area contributed by atoms with E-state index in [1.54, 1.807) is 24.7 Å². The van der Waals surface area contributed by atoms with E-state index in [4.69, 9.17) is 9.47 Å². The van der Waals surface area contributed by atoms with Crippen molar-refractivity contribution in [2.45, 2.75) is 13.1 Å². The second-order valence-electron chi connectivity index (χ2n) is 8.16. The van der Waals surface area contributed by atoms with Crippen molar-refractivity contribution in [2.75, 3.05) is 48.1 Å². The number of hydrogen-bond donors (Lipinski definition) is 2. The normalized spacial score (nSPS) is 16.6. The van der Waals surface area contributed by atoms with Gasteiger partial charge in [0.25, 0.3) is 5.91 Å². The lowest BCUT2D eigenvalue weighted by Crippen LogP contribution is -2.43. The molecule has 0 atom stereocenters. The van der Waals surface area contributed by atoms with Gasteiger partial charge < -0.3 is 29.9 Å². The molecule has 2 N–H and O–H groups in total. The highest BCUT2D eigenvalue weighted by Crippen LogP contribution is 2.38. The highest BCUT2D eigenvalue weighted by molar-refractivity contribution is 6.04. The molecule has 3 aromatic rings. The van der Waals surface area contributed by atoms with Crippen molar-refractivity contribution >= 4 is 23.2 Å². The van der Waals surface area contributed by atoms with Gasteiger partial charge >= 0.3 is 0 Å². The lowest BCUT2D eigenvalue weighted by molar-refractivity contribution is 0.102. The SMILES string of the molecule is O=C(Nc1cnccc1N1CCNCC1)c1ccnc(N2Cc3cc4c(cc3C2)OCO4)n1. The Morgan fingerprint density at radius 1 is 1.00 bits per heavy atom. The lowest BCUT2D eigenvalue weighted by atomic mass is 10.1. The van der Waals surface area contributed by atoms with Gasteiger partial charge in [-0.3, -0.25) is 9.78 Å². The van der Waals surface area contributed by atoms with Gasteiger partial charge in [0, 0.05) is 51.7 Å². The Morgan fingerprint density at radius 3 is 2.52 bits per heavy atom. The molecule has 6 rings (SSSR count). The summed E-state index contributed by atoms with van der Waals surface area (Å²) >= 11 is 0. The van der Waals surface area contributed by atoms with E-state index >= 15 is 0 Å². The van der Waals surface area contributed by atoms with Crippen molar-refractivity contribution in [2.24, 2.45) is 0 Å². The first-order valence-electron chi connectivity index (χ1n) is 10.9. The number of amides is 1. The van der Waals surface area contributed by atoms with Crippen LogP contribution in [0.2, 0.25) is 0 Å². The molecule has 168 valence electrons. The molecule has 1 amide bonds. The van der Waals surface area contributed by atoms with Crippen LogP contribution in [0.4, 0.5) is 17.3 Å². The van der Waals surface area contributed by atoms with E-state index in [1.165, 1.54) is 0 Å². The number of piperazine rings is 1. The van der Waals surface area contributed by atoms with Gasteiger partial charge in [0.2, 0.25) is 12.7 Å². The van der Waals surface area contributed by atoms with Crippen LogP contribution in [0.25, 0.3) is 0 Å². The fourth-order valence-corrected chi connectivity index (χ4v) is 4.41. The number of anilines is 3. The van der Waals surface area contributed by atoms with E-state index in [-0.39, 0.29) is 12.7 Å². The predicted molar refractivity (Wildman–Crippen MR) is 122 cm³/mol. The third-order valence-electron chi connectivity index (χ3n) is 6.08. The molecule has 5 heterocycles. The van der Waals surface area contributed by atoms with Crippen LogP contribution < -0.4 is 29.9 Å². The maximum Gasteiger partial charge on any atom is 0.274 e. The zero-order valence-corrected chi connectivity index (χ0v) is 18.0. The maximum absolute atomic E-state index is 13.1. The fraction of sp³-hybridized carbons (Fsp3) is 0.304.